The van der Waals surface area contributed by atoms with Crippen LogP contribution in [0.2, 0.25) is 0 Å². The third-order valence-electron chi connectivity index (χ3n) is 2.55. The monoisotopic (exact) mass is 266 g/mol. The minimum Gasteiger partial charge on any atom is -0.480 e. The summed E-state index contributed by atoms with van der Waals surface area (Å²) in [7, 11) is 1.58. The smallest absolute Gasteiger partial charge is 0.323 e. The molecule has 1 aromatic rings. The number of carbonyl (C=O) groups excluding carboxylic acids is 1. The maximum atomic E-state index is 12.2. The van der Waals surface area contributed by atoms with Crippen LogP contribution in [0.4, 0.5) is 0 Å². The summed E-state index contributed by atoms with van der Waals surface area (Å²) >= 11 is 0. The molecule has 104 valence electrons. The zero-order chi connectivity index (χ0) is 14.6. The van der Waals surface area contributed by atoms with E-state index >= 15 is 0 Å². The molecule has 0 aliphatic rings. The van der Waals surface area contributed by atoms with Crippen molar-refractivity contribution in [2.24, 2.45) is 13.0 Å². The minimum atomic E-state index is -1.07. The molecule has 1 amide bonds. The normalized spacial score (nSPS) is 10.5. The van der Waals surface area contributed by atoms with Gasteiger partial charge in [-0.1, -0.05) is 13.8 Å². The van der Waals surface area contributed by atoms with Crippen molar-refractivity contribution in [2.75, 3.05) is 13.1 Å². The van der Waals surface area contributed by atoms with E-state index in [0.29, 0.717) is 6.54 Å². The molecule has 1 N–H and O–H groups in total. The van der Waals surface area contributed by atoms with Crippen molar-refractivity contribution in [1.29, 1.82) is 0 Å². The summed E-state index contributed by atoms with van der Waals surface area (Å²) in [6.07, 6.45) is 1.49. The number of carboxylic acid groups (broad SMARTS) is 1. The maximum Gasteiger partial charge on any atom is 0.323 e. The number of aryl methyl sites for hydroxylation is 1. The second-order valence-electron chi connectivity index (χ2n) is 4.84. The molecule has 0 fully saturated rings. The van der Waals surface area contributed by atoms with Crippen LogP contribution in [0.5, 0.6) is 0 Å². The van der Waals surface area contributed by atoms with Crippen LogP contribution in [0.3, 0.4) is 0 Å². The van der Waals surface area contributed by atoms with Gasteiger partial charge in [0.25, 0.3) is 11.5 Å². The second kappa shape index (κ2) is 6.17. The number of aromatic nitrogens is 1. The van der Waals surface area contributed by atoms with E-state index in [1.807, 2.05) is 13.8 Å². The van der Waals surface area contributed by atoms with Gasteiger partial charge in [0.2, 0.25) is 0 Å². The molecule has 1 rings (SSSR count). The molecular weight excluding hydrogens is 248 g/mol. The van der Waals surface area contributed by atoms with Crippen LogP contribution < -0.4 is 5.56 Å². The maximum absolute atomic E-state index is 12.2. The fourth-order valence-corrected chi connectivity index (χ4v) is 1.69. The lowest BCUT2D eigenvalue weighted by Crippen LogP contribution is -2.38. The highest BCUT2D eigenvalue weighted by Gasteiger charge is 2.19. The average Bonchev–Trinajstić information content (AvgIpc) is 2.29. The first kappa shape index (κ1) is 14.9. The SMILES string of the molecule is CC(C)CN(CC(=O)O)C(=O)c1ccn(C)c(=O)c1. The summed E-state index contributed by atoms with van der Waals surface area (Å²) < 4.78 is 1.35. The predicted octanol–water partition coefficient (Wildman–Crippen LogP) is 0.568. The van der Waals surface area contributed by atoms with Gasteiger partial charge in [-0.3, -0.25) is 14.4 Å². The molecule has 0 spiro atoms. The summed E-state index contributed by atoms with van der Waals surface area (Å²) in [6, 6.07) is 2.73. The Morgan fingerprint density at radius 3 is 2.53 bits per heavy atom. The van der Waals surface area contributed by atoms with E-state index < -0.39 is 11.9 Å². The van der Waals surface area contributed by atoms with Crippen molar-refractivity contribution in [3.05, 3.63) is 34.2 Å². The second-order valence-corrected chi connectivity index (χ2v) is 4.84. The molecule has 0 aliphatic carbocycles. The van der Waals surface area contributed by atoms with E-state index in [9.17, 15) is 14.4 Å². The summed E-state index contributed by atoms with van der Waals surface area (Å²) in [5, 5.41) is 8.83. The fraction of sp³-hybridized carbons (Fsp3) is 0.462. The lowest BCUT2D eigenvalue weighted by molar-refractivity contribution is -0.137. The van der Waals surface area contributed by atoms with E-state index in [-0.39, 0.29) is 23.6 Å². The molecule has 19 heavy (non-hydrogen) atoms. The number of carbonyl (C=O) groups is 2. The first-order valence-corrected chi connectivity index (χ1v) is 5.99. The zero-order valence-electron chi connectivity index (χ0n) is 11.3. The van der Waals surface area contributed by atoms with Crippen molar-refractivity contribution in [1.82, 2.24) is 9.47 Å². The molecule has 1 heterocycles. The highest BCUT2D eigenvalue weighted by atomic mass is 16.4. The first-order valence-electron chi connectivity index (χ1n) is 5.99. The van der Waals surface area contributed by atoms with Gasteiger partial charge < -0.3 is 14.6 Å². The first-order chi connectivity index (χ1) is 8.81. The van der Waals surface area contributed by atoms with Crippen molar-refractivity contribution >= 4 is 11.9 Å². The van der Waals surface area contributed by atoms with Gasteiger partial charge in [0.1, 0.15) is 6.54 Å². The van der Waals surface area contributed by atoms with Gasteiger partial charge in [-0.05, 0) is 12.0 Å². The van der Waals surface area contributed by atoms with Gasteiger partial charge in [0.05, 0.1) is 0 Å². The molecule has 0 aromatic carbocycles. The van der Waals surface area contributed by atoms with Crippen LogP contribution in [-0.2, 0) is 11.8 Å². The topological polar surface area (TPSA) is 79.6 Å². The van der Waals surface area contributed by atoms with Crippen LogP contribution in [0.15, 0.2) is 23.1 Å². The van der Waals surface area contributed by atoms with Gasteiger partial charge in [-0.15, -0.1) is 0 Å². The largest absolute Gasteiger partial charge is 0.480 e. The third kappa shape index (κ3) is 4.24. The number of nitrogens with zero attached hydrogens (tertiary/aromatic N) is 2. The van der Waals surface area contributed by atoms with E-state index in [1.165, 1.54) is 27.8 Å². The lowest BCUT2D eigenvalue weighted by Gasteiger charge is -2.22. The zero-order valence-corrected chi connectivity index (χ0v) is 11.3. The number of hydrogen-bond donors (Lipinski definition) is 1. The molecule has 6 heteroatoms. The van der Waals surface area contributed by atoms with Crippen molar-refractivity contribution in [3.8, 4) is 0 Å². The number of aliphatic carboxylic acids is 1. The van der Waals surface area contributed by atoms with Crippen molar-refractivity contribution < 1.29 is 14.7 Å². The molecule has 0 atom stereocenters. The predicted molar refractivity (Wildman–Crippen MR) is 70.1 cm³/mol. The summed E-state index contributed by atoms with van der Waals surface area (Å²) in [5.41, 5.74) is -0.0873. The number of rotatable bonds is 5. The molecular formula is C13H18N2O4. The standard InChI is InChI=1S/C13H18N2O4/c1-9(2)7-15(8-12(17)18)13(19)10-4-5-14(3)11(16)6-10/h4-6,9H,7-8H2,1-3H3,(H,17,18). The van der Waals surface area contributed by atoms with Gasteiger partial charge in [0.15, 0.2) is 0 Å². The average molecular weight is 266 g/mol. The molecule has 0 bridgehead atoms. The van der Waals surface area contributed by atoms with E-state index in [0.717, 1.165) is 0 Å². The molecule has 0 radical (unpaired) electrons. The van der Waals surface area contributed by atoms with E-state index in [4.69, 9.17) is 5.11 Å². The van der Waals surface area contributed by atoms with E-state index in [2.05, 4.69) is 0 Å². The molecule has 0 saturated carbocycles. The molecule has 0 saturated heterocycles. The Morgan fingerprint density at radius 1 is 1.42 bits per heavy atom. The lowest BCUT2D eigenvalue weighted by atomic mass is 10.1. The van der Waals surface area contributed by atoms with Crippen LogP contribution in [0.25, 0.3) is 0 Å². The van der Waals surface area contributed by atoms with Crippen LogP contribution in [-0.4, -0.2) is 39.5 Å². The Kier molecular flexibility index (Phi) is 4.86. The molecule has 1 aromatic heterocycles. The van der Waals surface area contributed by atoms with Gasteiger partial charge >= 0.3 is 5.97 Å². The number of pyridine rings is 1. The Bertz CT molecular complexity index is 534. The van der Waals surface area contributed by atoms with Crippen LogP contribution in [0, 0.1) is 5.92 Å². The molecule has 6 nitrogen and oxygen atoms in total. The summed E-state index contributed by atoms with van der Waals surface area (Å²) in [6.45, 7) is 3.75. The van der Waals surface area contributed by atoms with Gasteiger partial charge in [0, 0.05) is 31.4 Å². The van der Waals surface area contributed by atoms with Crippen molar-refractivity contribution in [2.45, 2.75) is 13.8 Å². The highest BCUT2D eigenvalue weighted by Crippen LogP contribution is 2.06. The third-order valence-corrected chi connectivity index (χ3v) is 2.55. The quantitative estimate of drug-likeness (QED) is 0.845. The van der Waals surface area contributed by atoms with E-state index in [1.54, 1.807) is 7.05 Å². The summed E-state index contributed by atoms with van der Waals surface area (Å²) in [5.74, 6) is -1.36. The molecule has 0 aliphatic heterocycles. The Balaban J connectivity index is 3.00. The number of amides is 1. The minimum absolute atomic E-state index is 0.148. The fourth-order valence-electron chi connectivity index (χ4n) is 1.69. The number of hydrogen-bond acceptors (Lipinski definition) is 3. The van der Waals surface area contributed by atoms with Crippen molar-refractivity contribution in [3.63, 3.8) is 0 Å². The Hall–Kier alpha value is -2.11. The Labute approximate surface area is 111 Å². The number of carboxylic acids is 1. The Morgan fingerprint density at radius 2 is 2.05 bits per heavy atom. The summed E-state index contributed by atoms with van der Waals surface area (Å²) in [4.78, 5) is 35.7. The van der Waals surface area contributed by atoms with Crippen LogP contribution in [0.1, 0.15) is 24.2 Å². The van der Waals surface area contributed by atoms with Crippen LogP contribution >= 0.6 is 0 Å². The molecule has 0 unspecified atom stereocenters. The van der Waals surface area contributed by atoms with Gasteiger partial charge in [-0.2, -0.15) is 0 Å². The van der Waals surface area contributed by atoms with Gasteiger partial charge in [-0.25, -0.2) is 0 Å². The highest BCUT2D eigenvalue weighted by molar-refractivity contribution is 5.95.